The van der Waals surface area contributed by atoms with Crippen molar-refractivity contribution in [1.29, 1.82) is 0 Å². The van der Waals surface area contributed by atoms with Gasteiger partial charge in [-0.15, -0.1) is 0 Å². The summed E-state index contributed by atoms with van der Waals surface area (Å²) in [6, 6.07) is 5.59. The number of aromatic carboxylic acids is 1. The molecule has 0 spiro atoms. The SMILES string of the molecule is O=C(O)c1cccc(S(=O)(=O)N2CC3CCCC3C2)c1. The topological polar surface area (TPSA) is 74.7 Å². The van der Waals surface area contributed by atoms with E-state index in [1.54, 1.807) is 0 Å². The van der Waals surface area contributed by atoms with Gasteiger partial charge >= 0.3 is 5.97 Å². The summed E-state index contributed by atoms with van der Waals surface area (Å²) in [4.78, 5) is 11.0. The Kier molecular flexibility index (Phi) is 3.30. The quantitative estimate of drug-likeness (QED) is 0.922. The number of nitrogens with zero attached hydrogens (tertiary/aromatic N) is 1. The molecule has 2 fully saturated rings. The summed E-state index contributed by atoms with van der Waals surface area (Å²) in [5, 5.41) is 8.96. The molecule has 5 nitrogen and oxygen atoms in total. The number of benzene rings is 1. The van der Waals surface area contributed by atoms with E-state index in [0.717, 1.165) is 12.8 Å². The second kappa shape index (κ2) is 4.86. The first-order valence-electron chi connectivity index (χ1n) is 6.82. The molecule has 0 amide bonds. The van der Waals surface area contributed by atoms with Crippen LogP contribution in [0.3, 0.4) is 0 Å². The van der Waals surface area contributed by atoms with Crippen LogP contribution in [-0.4, -0.2) is 36.9 Å². The lowest BCUT2D eigenvalue weighted by atomic mass is 10.0. The van der Waals surface area contributed by atoms with Crippen LogP contribution in [0.1, 0.15) is 29.6 Å². The van der Waals surface area contributed by atoms with Crippen molar-refractivity contribution in [2.75, 3.05) is 13.1 Å². The molecule has 1 N–H and O–H groups in total. The summed E-state index contributed by atoms with van der Waals surface area (Å²) in [5.74, 6) is -0.153. The minimum Gasteiger partial charge on any atom is -0.478 e. The van der Waals surface area contributed by atoms with Gasteiger partial charge in [-0.2, -0.15) is 4.31 Å². The average molecular weight is 295 g/mol. The van der Waals surface area contributed by atoms with E-state index < -0.39 is 16.0 Å². The Hall–Kier alpha value is -1.40. The van der Waals surface area contributed by atoms with Gasteiger partial charge in [0.2, 0.25) is 10.0 Å². The van der Waals surface area contributed by atoms with Crippen molar-refractivity contribution in [3.05, 3.63) is 29.8 Å². The van der Waals surface area contributed by atoms with E-state index in [4.69, 9.17) is 5.11 Å². The van der Waals surface area contributed by atoms with E-state index >= 15 is 0 Å². The number of carbonyl (C=O) groups is 1. The monoisotopic (exact) mass is 295 g/mol. The summed E-state index contributed by atoms with van der Waals surface area (Å²) in [6.45, 7) is 1.15. The van der Waals surface area contributed by atoms with Crippen molar-refractivity contribution in [2.45, 2.75) is 24.2 Å². The Morgan fingerprint density at radius 1 is 1.20 bits per heavy atom. The van der Waals surface area contributed by atoms with E-state index in [9.17, 15) is 13.2 Å². The molecule has 0 aromatic heterocycles. The fourth-order valence-corrected chi connectivity index (χ4v) is 4.93. The predicted octanol–water partition coefficient (Wildman–Crippen LogP) is 1.81. The molecule has 1 aliphatic heterocycles. The van der Waals surface area contributed by atoms with Gasteiger partial charge in [-0.05, 0) is 42.9 Å². The second-order valence-electron chi connectivity index (χ2n) is 5.61. The standard InChI is InChI=1S/C14H17NO4S/c16-14(17)10-3-2-6-13(7-10)20(18,19)15-8-11-4-1-5-12(11)9-15/h2-3,6-7,11-12H,1,4-5,8-9H2,(H,16,17). The lowest BCUT2D eigenvalue weighted by Gasteiger charge is -2.17. The fourth-order valence-electron chi connectivity index (χ4n) is 3.33. The van der Waals surface area contributed by atoms with Crippen LogP contribution in [0.25, 0.3) is 0 Å². The van der Waals surface area contributed by atoms with Crippen LogP contribution in [0.2, 0.25) is 0 Å². The summed E-state index contributed by atoms with van der Waals surface area (Å²) < 4.78 is 26.7. The highest BCUT2D eigenvalue weighted by Gasteiger charge is 2.41. The summed E-state index contributed by atoms with van der Waals surface area (Å²) in [5.41, 5.74) is 0.00506. The molecular weight excluding hydrogens is 278 g/mol. The summed E-state index contributed by atoms with van der Waals surface area (Å²) >= 11 is 0. The van der Waals surface area contributed by atoms with E-state index in [0.29, 0.717) is 24.9 Å². The van der Waals surface area contributed by atoms with Gasteiger partial charge in [0.15, 0.2) is 0 Å². The van der Waals surface area contributed by atoms with Crippen molar-refractivity contribution in [1.82, 2.24) is 4.31 Å². The number of hydrogen-bond acceptors (Lipinski definition) is 3. The zero-order valence-electron chi connectivity index (χ0n) is 11.0. The molecule has 2 unspecified atom stereocenters. The number of hydrogen-bond donors (Lipinski definition) is 1. The Morgan fingerprint density at radius 3 is 2.45 bits per heavy atom. The first-order valence-corrected chi connectivity index (χ1v) is 8.26. The molecule has 20 heavy (non-hydrogen) atoms. The molecule has 1 aromatic carbocycles. The van der Waals surface area contributed by atoms with Gasteiger partial charge in [0, 0.05) is 13.1 Å². The summed E-state index contributed by atoms with van der Waals surface area (Å²) in [7, 11) is -3.57. The maximum absolute atomic E-state index is 12.6. The third-order valence-corrected chi connectivity index (χ3v) is 6.24. The zero-order valence-corrected chi connectivity index (χ0v) is 11.8. The van der Waals surface area contributed by atoms with Gasteiger partial charge in [-0.25, -0.2) is 13.2 Å². The lowest BCUT2D eigenvalue weighted by Crippen LogP contribution is -2.29. The maximum atomic E-state index is 12.6. The highest BCUT2D eigenvalue weighted by atomic mass is 32.2. The molecule has 3 rings (SSSR count). The number of fused-ring (bicyclic) bond motifs is 1. The van der Waals surface area contributed by atoms with Gasteiger partial charge < -0.3 is 5.11 Å². The predicted molar refractivity (Wildman–Crippen MR) is 73.0 cm³/mol. The normalized spacial score (nSPS) is 26.6. The van der Waals surface area contributed by atoms with Crippen LogP contribution in [0.4, 0.5) is 0 Å². The third-order valence-electron chi connectivity index (χ3n) is 4.41. The maximum Gasteiger partial charge on any atom is 0.335 e. The molecule has 1 heterocycles. The molecule has 1 saturated heterocycles. The van der Waals surface area contributed by atoms with Crippen LogP contribution in [0.15, 0.2) is 29.2 Å². The Balaban J connectivity index is 1.89. The number of rotatable bonds is 3. The molecule has 108 valence electrons. The van der Waals surface area contributed by atoms with Crippen molar-refractivity contribution in [3.63, 3.8) is 0 Å². The van der Waals surface area contributed by atoms with Crippen LogP contribution in [-0.2, 0) is 10.0 Å². The first-order chi connectivity index (χ1) is 9.48. The largest absolute Gasteiger partial charge is 0.478 e. The molecule has 1 aromatic rings. The Bertz CT molecular complexity index is 628. The van der Waals surface area contributed by atoms with E-state index in [2.05, 4.69) is 0 Å². The summed E-state index contributed by atoms with van der Waals surface area (Å²) in [6.07, 6.45) is 3.40. The molecule has 2 atom stereocenters. The zero-order chi connectivity index (χ0) is 14.3. The molecule has 6 heteroatoms. The Labute approximate surface area is 118 Å². The second-order valence-corrected chi connectivity index (χ2v) is 7.54. The van der Waals surface area contributed by atoms with Crippen molar-refractivity contribution < 1.29 is 18.3 Å². The molecule has 1 aliphatic carbocycles. The average Bonchev–Trinajstić information content (AvgIpc) is 2.99. The first kappa shape index (κ1) is 13.6. The van der Waals surface area contributed by atoms with Gasteiger partial charge in [0.1, 0.15) is 0 Å². The highest BCUT2D eigenvalue weighted by molar-refractivity contribution is 7.89. The van der Waals surface area contributed by atoms with Crippen LogP contribution >= 0.6 is 0 Å². The third kappa shape index (κ3) is 2.23. The van der Waals surface area contributed by atoms with Crippen LogP contribution in [0, 0.1) is 11.8 Å². The lowest BCUT2D eigenvalue weighted by molar-refractivity contribution is 0.0696. The number of carboxylic acid groups (broad SMARTS) is 1. The highest BCUT2D eigenvalue weighted by Crippen LogP contribution is 2.39. The van der Waals surface area contributed by atoms with Gasteiger partial charge in [0.05, 0.1) is 10.5 Å². The van der Waals surface area contributed by atoms with E-state index in [-0.39, 0.29) is 10.5 Å². The fraction of sp³-hybridized carbons (Fsp3) is 0.500. The smallest absolute Gasteiger partial charge is 0.335 e. The van der Waals surface area contributed by atoms with Gasteiger partial charge in [-0.3, -0.25) is 0 Å². The number of sulfonamides is 1. The molecular formula is C14H17NO4S. The molecule has 0 radical (unpaired) electrons. The van der Waals surface area contributed by atoms with Crippen LogP contribution in [0.5, 0.6) is 0 Å². The van der Waals surface area contributed by atoms with E-state index in [1.165, 1.54) is 35.0 Å². The molecule has 2 aliphatic rings. The molecule has 1 saturated carbocycles. The van der Waals surface area contributed by atoms with E-state index in [1.807, 2.05) is 0 Å². The van der Waals surface area contributed by atoms with Gasteiger partial charge in [0.25, 0.3) is 0 Å². The van der Waals surface area contributed by atoms with Gasteiger partial charge in [-0.1, -0.05) is 12.5 Å². The Morgan fingerprint density at radius 2 is 1.85 bits per heavy atom. The minimum absolute atomic E-state index is 0.00506. The van der Waals surface area contributed by atoms with Crippen molar-refractivity contribution in [3.8, 4) is 0 Å². The van der Waals surface area contributed by atoms with Crippen molar-refractivity contribution >= 4 is 16.0 Å². The van der Waals surface area contributed by atoms with Crippen molar-refractivity contribution in [2.24, 2.45) is 11.8 Å². The minimum atomic E-state index is -3.57. The number of carboxylic acids is 1. The molecule has 0 bridgehead atoms. The van der Waals surface area contributed by atoms with Crippen LogP contribution < -0.4 is 0 Å².